The van der Waals surface area contributed by atoms with Crippen LogP contribution >= 0.6 is 0 Å². The smallest absolute Gasteiger partial charge is 0.280 e. The molecule has 0 unspecified atom stereocenters. The van der Waals surface area contributed by atoms with Crippen molar-refractivity contribution in [2.75, 3.05) is 0 Å². The number of benzene rings is 3. The van der Waals surface area contributed by atoms with Crippen molar-refractivity contribution in [2.45, 2.75) is 13.8 Å². The standard InChI is InChI=1S/C23H19N5O/c1-14-19(13-24-17-10-11-20-21(12-17)26-15(2)25-20)23(29)28(27-14)22-9-5-7-16-6-3-4-8-18(16)22/h3-13,27H,1-2H3,(H,25,26). The Kier molecular flexibility index (Phi) is 3.91. The Morgan fingerprint density at radius 3 is 2.76 bits per heavy atom. The highest BCUT2D eigenvalue weighted by molar-refractivity contribution is 5.90. The van der Waals surface area contributed by atoms with Gasteiger partial charge in [-0.1, -0.05) is 36.4 Å². The molecule has 3 aromatic carbocycles. The van der Waals surface area contributed by atoms with E-state index < -0.39 is 0 Å². The van der Waals surface area contributed by atoms with Gasteiger partial charge in [-0.15, -0.1) is 0 Å². The second-order valence-electron chi connectivity index (χ2n) is 7.07. The SMILES string of the molecule is Cc1nc2ccc(N=Cc3c(C)[nH]n(-c4cccc5ccccc45)c3=O)cc2[nH]1. The van der Waals surface area contributed by atoms with Crippen LogP contribution in [0.2, 0.25) is 0 Å². The summed E-state index contributed by atoms with van der Waals surface area (Å²) < 4.78 is 1.58. The lowest BCUT2D eigenvalue weighted by Crippen LogP contribution is -2.17. The van der Waals surface area contributed by atoms with Crippen LogP contribution in [0.15, 0.2) is 70.5 Å². The highest BCUT2D eigenvalue weighted by Gasteiger charge is 2.12. The van der Waals surface area contributed by atoms with Crippen LogP contribution < -0.4 is 5.56 Å². The number of H-pyrrole nitrogens is 2. The van der Waals surface area contributed by atoms with Gasteiger partial charge in [-0.3, -0.25) is 14.9 Å². The fourth-order valence-electron chi connectivity index (χ4n) is 3.63. The lowest BCUT2D eigenvalue weighted by atomic mass is 10.1. The summed E-state index contributed by atoms with van der Waals surface area (Å²) in [6.45, 7) is 3.80. The van der Waals surface area contributed by atoms with Gasteiger partial charge in [0.15, 0.2) is 0 Å². The molecule has 0 spiro atoms. The van der Waals surface area contributed by atoms with Gasteiger partial charge in [0, 0.05) is 17.3 Å². The minimum Gasteiger partial charge on any atom is -0.342 e. The van der Waals surface area contributed by atoms with Gasteiger partial charge in [0.2, 0.25) is 0 Å². The quantitative estimate of drug-likeness (QED) is 0.449. The van der Waals surface area contributed by atoms with E-state index in [0.717, 1.165) is 44.7 Å². The molecule has 2 aromatic heterocycles. The van der Waals surface area contributed by atoms with Crippen molar-refractivity contribution < 1.29 is 0 Å². The number of fused-ring (bicyclic) bond motifs is 2. The molecule has 29 heavy (non-hydrogen) atoms. The van der Waals surface area contributed by atoms with Crippen molar-refractivity contribution >= 4 is 33.7 Å². The molecular weight excluding hydrogens is 362 g/mol. The van der Waals surface area contributed by atoms with Crippen molar-refractivity contribution in [3.8, 4) is 5.69 Å². The summed E-state index contributed by atoms with van der Waals surface area (Å²) in [5.74, 6) is 0.862. The maximum absolute atomic E-state index is 13.1. The van der Waals surface area contributed by atoms with Crippen LogP contribution in [0.1, 0.15) is 17.1 Å². The van der Waals surface area contributed by atoms with Crippen LogP contribution in [0.4, 0.5) is 5.69 Å². The molecule has 0 radical (unpaired) electrons. The Morgan fingerprint density at radius 2 is 1.86 bits per heavy atom. The lowest BCUT2D eigenvalue weighted by Gasteiger charge is -2.06. The number of rotatable bonds is 3. The number of aromatic amines is 2. The number of nitrogens with one attached hydrogen (secondary N) is 2. The third-order valence-corrected chi connectivity index (χ3v) is 5.05. The molecule has 5 rings (SSSR count). The van der Waals surface area contributed by atoms with E-state index in [1.54, 1.807) is 10.9 Å². The molecule has 0 amide bonds. The topological polar surface area (TPSA) is 78.8 Å². The molecule has 0 aliphatic carbocycles. The van der Waals surface area contributed by atoms with Crippen molar-refractivity contribution in [1.29, 1.82) is 0 Å². The van der Waals surface area contributed by atoms with Crippen LogP contribution in [0, 0.1) is 13.8 Å². The predicted molar refractivity (Wildman–Crippen MR) is 117 cm³/mol. The van der Waals surface area contributed by atoms with Crippen molar-refractivity contribution in [3.63, 3.8) is 0 Å². The van der Waals surface area contributed by atoms with Gasteiger partial charge in [-0.25, -0.2) is 9.67 Å². The highest BCUT2D eigenvalue weighted by atomic mass is 16.1. The number of hydrogen-bond donors (Lipinski definition) is 2. The largest absolute Gasteiger partial charge is 0.342 e. The minimum absolute atomic E-state index is 0.124. The Labute approximate surface area is 166 Å². The Morgan fingerprint density at radius 1 is 1.03 bits per heavy atom. The molecule has 0 bridgehead atoms. The van der Waals surface area contributed by atoms with Crippen molar-refractivity contribution in [3.05, 3.63) is 88.1 Å². The van der Waals surface area contributed by atoms with E-state index in [-0.39, 0.29) is 5.56 Å². The van der Waals surface area contributed by atoms with Crippen LogP contribution in [0.25, 0.3) is 27.5 Å². The van der Waals surface area contributed by atoms with Gasteiger partial charge in [-0.05, 0) is 43.5 Å². The number of aliphatic imine (C=N–C) groups is 1. The Balaban J connectivity index is 1.57. The average molecular weight is 381 g/mol. The maximum Gasteiger partial charge on any atom is 0.280 e. The molecule has 0 saturated carbocycles. The predicted octanol–water partition coefficient (Wildman–Crippen LogP) is 4.56. The summed E-state index contributed by atoms with van der Waals surface area (Å²) in [7, 11) is 0. The molecule has 0 aliphatic rings. The van der Waals surface area contributed by atoms with Crippen LogP contribution in [-0.2, 0) is 0 Å². The van der Waals surface area contributed by atoms with Gasteiger partial charge in [0.25, 0.3) is 5.56 Å². The molecule has 0 atom stereocenters. The van der Waals surface area contributed by atoms with Gasteiger partial charge < -0.3 is 4.98 Å². The van der Waals surface area contributed by atoms with Gasteiger partial charge in [-0.2, -0.15) is 0 Å². The second kappa shape index (κ2) is 6.60. The zero-order chi connectivity index (χ0) is 20.0. The van der Waals surface area contributed by atoms with E-state index in [4.69, 9.17) is 0 Å². The second-order valence-corrected chi connectivity index (χ2v) is 7.07. The molecular formula is C23H19N5O. The highest BCUT2D eigenvalue weighted by Crippen LogP contribution is 2.22. The van der Waals surface area contributed by atoms with Crippen LogP contribution in [0.3, 0.4) is 0 Å². The normalized spacial score (nSPS) is 11.8. The van der Waals surface area contributed by atoms with Crippen LogP contribution in [-0.4, -0.2) is 26.0 Å². The maximum atomic E-state index is 13.1. The number of aryl methyl sites for hydroxylation is 2. The molecule has 6 heteroatoms. The first kappa shape index (κ1) is 17.2. The third kappa shape index (κ3) is 2.95. The summed E-state index contributed by atoms with van der Waals surface area (Å²) in [4.78, 5) is 25.2. The van der Waals surface area contributed by atoms with Crippen LogP contribution in [0.5, 0.6) is 0 Å². The first-order valence-corrected chi connectivity index (χ1v) is 9.40. The fourth-order valence-corrected chi connectivity index (χ4v) is 3.63. The summed E-state index contributed by atoms with van der Waals surface area (Å²) >= 11 is 0. The Hall–Kier alpha value is -3.93. The summed E-state index contributed by atoms with van der Waals surface area (Å²) in [6, 6.07) is 19.7. The first-order valence-electron chi connectivity index (χ1n) is 9.40. The summed E-state index contributed by atoms with van der Waals surface area (Å²) in [5, 5.41) is 5.29. The third-order valence-electron chi connectivity index (χ3n) is 5.05. The number of aromatic nitrogens is 4. The van der Waals surface area contributed by atoms with E-state index in [9.17, 15) is 4.79 Å². The number of imidazole rings is 1. The van der Waals surface area contributed by atoms with Crippen molar-refractivity contribution in [1.82, 2.24) is 19.7 Å². The fraction of sp³-hybridized carbons (Fsp3) is 0.0870. The molecule has 2 N–H and O–H groups in total. The molecule has 142 valence electrons. The van der Waals surface area contributed by atoms with E-state index in [1.807, 2.05) is 74.5 Å². The molecule has 6 nitrogen and oxygen atoms in total. The van der Waals surface area contributed by atoms with E-state index in [0.29, 0.717) is 5.56 Å². The first-order chi connectivity index (χ1) is 14.1. The lowest BCUT2D eigenvalue weighted by molar-refractivity contribution is 0.841. The molecule has 2 heterocycles. The average Bonchev–Trinajstić information content (AvgIpc) is 3.23. The van der Waals surface area contributed by atoms with E-state index in [1.165, 1.54) is 0 Å². The van der Waals surface area contributed by atoms with E-state index >= 15 is 0 Å². The monoisotopic (exact) mass is 381 g/mol. The van der Waals surface area contributed by atoms with Gasteiger partial charge in [0.05, 0.1) is 28.0 Å². The molecule has 0 saturated heterocycles. The zero-order valence-electron chi connectivity index (χ0n) is 16.1. The van der Waals surface area contributed by atoms with Gasteiger partial charge >= 0.3 is 0 Å². The van der Waals surface area contributed by atoms with E-state index in [2.05, 4.69) is 20.1 Å². The zero-order valence-corrected chi connectivity index (χ0v) is 16.1. The summed E-state index contributed by atoms with van der Waals surface area (Å²) in [6.07, 6.45) is 1.63. The number of hydrogen-bond acceptors (Lipinski definition) is 3. The number of nitrogens with zero attached hydrogens (tertiary/aromatic N) is 3. The molecule has 0 aliphatic heterocycles. The minimum atomic E-state index is -0.124. The molecule has 5 aromatic rings. The van der Waals surface area contributed by atoms with Crippen molar-refractivity contribution in [2.24, 2.45) is 4.99 Å². The molecule has 0 fully saturated rings. The Bertz CT molecular complexity index is 1450. The summed E-state index contributed by atoms with van der Waals surface area (Å²) in [5.41, 5.74) is 4.60. The van der Waals surface area contributed by atoms with Gasteiger partial charge in [0.1, 0.15) is 5.82 Å².